The molecule has 3 rings (SSSR count). The fourth-order valence-corrected chi connectivity index (χ4v) is 3.67. The minimum absolute atomic E-state index is 0.176. The summed E-state index contributed by atoms with van der Waals surface area (Å²) in [4.78, 5) is 2.40. The number of hydrogen-bond acceptors (Lipinski definition) is 4. The van der Waals surface area contributed by atoms with Crippen LogP contribution in [0.4, 0.5) is 0 Å². The predicted molar refractivity (Wildman–Crippen MR) is 81.7 cm³/mol. The first-order valence-corrected chi connectivity index (χ1v) is 7.93. The molecule has 1 aliphatic carbocycles. The SMILES string of the molecule is CCOC1CCCN(C2Cc3ccc(OC)cc3C2O)C1. The lowest BCUT2D eigenvalue weighted by molar-refractivity contribution is -0.0287. The molecule has 0 radical (unpaired) electrons. The van der Waals surface area contributed by atoms with E-state index in [1.807, 2.05) is 19.1 Å². The molecular formula is C17H25NO3. The van der Waals surface area contributed by atoms with Crippen LogP contribution in [0, 0.1) is 0 Å². The molecule has 21 heavy (non-hydrogen) atoms. The van der Waals surface area contributed by atoms with E-state index in [4.69, 9.17) is 9.47 Å². The average molecular weight is 291 g/mol. The zero-order valence-electron chi connectivity index (χ0n) is 12.9. The van der Waals surface area contributed by atoms with E-state index in [2.05, 4.69) is 11.0 Å². The van der Waals surface area contributed by atoms with Crippen LogP contribution in [0.5, 0.6) is 5.75 Å². The highest BCUT2D eigenvalue weighted by Crippen LogP contribution is 2.37. The van der Waals surface area contributed by atoms with Crippen molar-refractivity contribution < 1.29 is 14.6 Å². The predicted octanol–water partition coefficient (Wildman–Crippen LogP) is 2.15. The molecular weight excluding hydrogens is 266 g/mol. The molecule has 1 aromatic carbocycles. The Kier molecular flexibility index (Phi) is 4.48. The number of benzene rings is 1. The molecule has 4 nitrogen and oxygen atoms in total. The van der Waals surface area contributed by atoms with E-state index >= 15 is 0 Å². The fraction of sp³-hybridized carbons (Fsp3) is 0.647. The molecule has 3 atom stereocenters. The molecule has 1 heterocycles. The van der Waals surface area contributed by atoms with Gasteiger partial charge in [0.2, 0.25) is 0 Å². The lowest BCUT2D eigenvalue weighted by Crippen LogP contribution is -2.47. The van der Waals surface area contributed by atoms with Crippen LogP contribution in [0.25, 0.3) is 0 Å². The van der Waals surface area contributed by atoms with E-state index < -0.39 is 6.10 Å². The molecule has 0 aromatic heterocycles. The zero-order chi connectivity index (χ0) is 14.8. The maximum absolute atomic E-state index is 10.7. The van der Waals surface area contributed by atoms with Crippen molar-refractivity contribution in [3.05, 3.63) is 29.3 Å². The van der Waals surface area contributed by atoms with E-state index in [1.165, 1.54) is 5.56 Å². The number of hydrogen-bond donors (Lipinski definition) is 1. The number of aliphatic hydroxyl groups excluding tert-OH is 1. The van der Waals surface area contributed by atoms with Crippen LogP contribution < -0.4 is 4.74 Å². The summed E-state index contributed by atoms with van der Waals surface area (Å²) in [6.07, 6.45) is 3.09. The van der Waals surface area contributed by atoms with Gasteiger partial charge in [-0.1, -0.05) is 6.07 Å². The molecule has 0 saturated carbocycles. The van der Waals surface area contributed by atoms with Gasteiger partial charge in [-0.15, -0.1) is 0 Å². The van der Waals surface area contributed by atoms with Gasteiger partial charge in [0.25, 0.3) is 0 Å². The van der Waals surface area contributed by atoms with E-state index in [-0.39, 0.29) is 6.04 Å². The molecule has 2 aliphatic rings. The van der Waals surface area contributed by atoms with Gasteiger partial charge in [0.1, 0.15) is 5.75 Å². The molecule has 116 valence electrons. The van der Waals surface area contributed by atoms with Crippen LogP contribution in [0.15, 0.2) is 18.2 Å². The molecule has 1 N–H and O–H groups in total. The van der Waals surface area contributed by atoms with Crippen molar-refractivity contribution in [3.8, 4) is 5.75 Å². The average Bonchev–Trinajstić information content (AvgIpc) is 2.84. The Labute approximate surface area is 126 Å². The van der Waals surface area contributed by atoms with Gasteiger partial charge in [-0.25, -0.2) is 0 Å². The highest BCUT2D eigenvalue weighted by molar-refractivity contribution is 5.41. The van der Waals surface area contributed by atoms with Gasteiger partial charge in [-0.05, 0) is 56.0 Å². The van der Waals surface area contributed by atoms with Crippen LogP contribution in [-0.4, -0.2) is 49.0 Å². The van der Waals surface area contributed by atoms with Crippen molar-refractivity contribution in [1.82, 2.24) is 4.90 Å². The second-order valence-corrected chi connectivity index (χ2v) is 6.00. The normalized spacial score (nSPS) is 29.4. The lowest BCUT2D eigenvalue weighted by Gasteiger charge is -2.37. The minimum atomic E-state index is -0.421. The van der Waals surface area contributed by atoms with Crippen LogP contribution >= 0.6 is 0 Å². The summed E-state index contributed by atoms with van der Waals surface area (Å²) in [7, 11) is 1.66. The van der Waals surface area contributed by atoms with Gasteiger partial charge >= 0.3 is 0 Å². The van der Waals surface area contributed by atoms with Crippen molar-refractivity contribution in [2.45, 2.75) is 44.4 Å². The van der Waals surface area contributed by atoms with Crippen molar-refractivity contribution in [3.63, 3.8) is 0 Å². The van der Waals surface area contributed by atoms with Crippen LogP contribution in [0.3, 0.4) is 0 Å². The number of rotatable bonds is 4. The summed E-state index contributed by atoms with van der Waals surface area (Å²) in [5.74, 6) is 0.819. The minimum Gasteiger partial charge on any atom is -0.497 e. The molecule has 0 bridgehead atoms. The summed E-state index contributed by atoms with van der Waals surface area (Å²) in [6.45, 7) is 4.80. The van der Waals surface area contributed by atoms with Gasteiger partial charge < -0.3 is 14.6 Å². The molecule has 0 spiro atoms. The Morgan fingerprint density at radius 2 is 2.24 bits per heavy atom. The topological polar surface area (TPSA) is 41.9 Å². The molecule has 4 heteroatoms. The second-order valence-electron chi connectivity index (χ2n) is 6.00. The molecule has 1 saturated heterocycles. The Hall–Kier alpha value is -1.10. The van der Waals surface area contributed by atoms with Gasteiger partial charge in [0, 0.05) is 19.2 Å². The number of likely N-dealkylation sites (tertiary alicyclic amines) is 1. The van der Waals surface area contributed by atoms with Gasteiger partial charge in [0.15, 0.2) is 0 Å². The number of piperidine rings is 1. The Bertz CT molecular complexity index is 489. The second kappa shape index (κ2) is 6.34. The maximum atomic E-state index is 10.7. The largest absolute Gasteiger partial charge is 0.497 e. The quantitative estimate of drug-likeness (QED) is 0.923. The number of methoxy groups -OCH3 is 1. The van der Waals surface area contributed by atoms with E-state index in [0.717, 1.165) is 50.3 Å². The van der Waals surface area contributed by atoms with Gasteiger partial charge in [-0.2, -0.15) is 0 Å². The van der Waals surface area contributed by atoms with Crippen molar-refractivity contribution in [2.24, 2.45) is 0 Å². The van der Waals surface area contributed by atoms with Gasteiger partial charge in [0.05, 0.1) is 19.3 Å². The molecule has 1 aromatic rings. The van der Waals surface area contributed by atoms with Crippen molar-refractivity contribution >= 4 is 0 Å². The Balaban J connectivity index is 1.73. The summed E-state index contributed by atoms with van der Waals surface area (Å²) in [5.41, 5.74) is 2.27. The number of nitrogens with zero attached hydrogens (tertiary/aromatic N) is 1. The van der Waals surface area contributed by atoms with Crippen LogP contribution in [0.2, 0.25) is 0 Å². The molecule has 3 unspecified atom stereocenters. The number of aliphatic hydroxyl groups is 1. The van der Waals surface area contributed by atoms with Crippen molar-refractivity contribution in [1.29, 1.82) is 0 Å². The molecule has 0 amide bonds. The Morgan fingerprint density at radius 1 is 1.38 bits per heavy atom. The third-order valence-electron chi connectivity index (χ3n) is 4.75. The first-order valence-electron chi connectivity index (χ1n) is 7.93. The summed E-state index contributed by atoms with van der Waals surface area (Å²) in [6, 6.07) is 6.22. The standard InChI is InChI=1S/C17H25NO3/c1-3-21-14-5-4-8-18(11-14)16-9-12-6-7-13(20-2)10-15(12)17(16)19/h6-7,10,14,16-17,19H,3-5,8-9,11H2,1-2H3. The Morgan fingerprint density at radius 3 is 3.00 bits per heavy atom. The maximum Gasteiger partial charge on any atom is 0.119 e. The highest BCUT2D eigenvalue weighted by atomic mass is 16.5. The fourth-order valence-electron chi connectivity index (χ4n) is 3.67. The van der Waals surface area contributed by atoms with E-state index in [1.54, 1.807) is 7.11 Å². The highest BCUT2D eigenvalue weighted by Gasteiger charge is 2.37. The third kappa shape index (κ3) is 2.93. The van der Waals surface area contributed by atoms with E-state index in [9.17, 15) is 5.11 Å². The van der Waals surface area contributed by atoms with Crippen LogP contribution in [-0.2, 0) is 11.2 Å². The number of ether oxygens (including phenoxy) is 2. The summed E-state index contributed by atoms with van der Waals surface area (Å²) in [5, 5.41) is 10.7. The molecule has 1 fully saturated rings. The number of fused-ring (bicyclic) bond motifs is 1. The van der Waals surface area contributed by atoms with Gasteiger partial charge in [-0.3, -0.25) is 4.90 Å². The zero-order valence-corrected chi connectivity index (χ0v) is 12.9. The smallest absolute Gasteiger partial charge is 0.119 e. The third-order valence-corrected chi connectivity index (χ3v) is 4.75. The summed E-state index contributed by atoms with van der Waals surface area (Å²) < 4.78 is 11.1. The van der Waals surface area contributed by atoms with Crippen molar-refractivity contribution in [2.75, 3.05) is 26.8 Å². The van der Waals surface area contributed by atoms with E-state index in [0.29, 0.717) is 6.10 Å². The van der Waals surface area contributed by atoms with Crippen LogP contribution in [0.1, 0.15) is 37.0 Å². The monoisotopic (exact) mass is 291 g/mol. The first-order chi connectivity index (χ1) is 10.2. The lowest BCUT2D eigenvalue weighted by atomic mass is 10.0. The summed E-state index contributed by atoms with van der Waals surface area (Å²) >= 11 is 0. The first kappa shape index (κ1) is 14.8. The molecule has 1 aliphatic heterocycles.